The summed E-state index contributed by atoms with van der Waals surface area (Å²) in [5, 5.41) is 0. The van der Waals surface area contributed by atoms with Gasteiger partial charge in [-0.3, -0.25) is 0 Å². The van der Waals surface area contributed by atoms with E-state index in [9.17, 15) is 16.8 Å². The zero-order valence-corrected chi connectivity index (χ0v) is 35.6. The van der Waals surface area contributed by atoms with Crippen molar-refractivity contribution in [2.45, 2.75) is 40.4 Å². The van der Waals surface area contributed by atoms with E-state index >= 15 is 0 Å². The first-order valence-electron chi connectivity index (χ1n) is 17.5. The maximum absolute atomic E-state index is 13.4. The molecule has 57 heavy (non-hydrogen) atoms. The van der Waals surface area contributed by atoms with Crippen LogP contribution in [0, 0.1) is 20.8 Å². The zero-order chi connectivity index (χ0) is 40.3. The molecule has 12 heteroatoms. The molecule has 7 rings (SSSR count). The minimum Gasteiger partial charge on any atom is -0.457 e. The fourth-order valence-electron chi connectivity index (χ4n) is 5.84. The Hall–Kier alpha value is -5.40. The van der Waals surface area contributed by atoms with Crippen LogP contribution < -0.4 is 18.9 Å². The molecule has 0 N–H and O–H groups in total. The number of benzene rings is 7. The molecule has 0 amide bonds. The number of sulfone groups is 2. The van der Waals surface area contributed by atoms with Crippen LogP contribution in [-0.4, -0.2) is 16.8 Å². The molecular formula is C45H34Br2O8S2. The summed E-state index contributed by atoms with van der Waals surface area (Å²) in [6, 6.07) is 41.6. The molecular weight excluding hydrogens is 892 g/mol. The molecule has 0 radical (unpaired) electrons. The van der Waals surface area contributed by atoms with Gasteiger partial charge in [-0.2, -0.15) is 0 Å². The first-order valence-corrected chi connectivity index (χ1v) is 22.0. The van der Waals surface area contributed by atoms with Gasteiger partial charge in [0.25, 0.3) is 0 Å². The average molecular weight is 927 g/mol. The molecule has 0 aromatic heterocycles. The van der Waals surface area contributed by atoms with E-state index in [0.717, 1.165) is 20.1 Å². The molecule has 0 fully saturated rings. The van der Waals surface area contributed by atoms with E-state index in [2.05, 4.69) is 31.9 Å². The molecule has 0 unspecified atom stereocenters. The Labute approximate surface area is 348 Å². The SMILES string of the molecule is Cc1cc(Br)cc(Oc2ccc(S(=O)(=O)c3ccc(Oc4cccc(Oc5ccc(S(=O)(=O)c6ccc(Oc7ccc(Br)cc7C)cc6)cc5)c4C)cc3)cc2)c1. The number of aryl methyl sites for hydroxylation is 2. The monoisotopic (exact) mass is 924 g/mol. The van der Waals surface area contributed by atoms with Crippen LogP contribution in [0.3, 0.4) is 0 Å². The molecule has 288 valence electrons. The minimum atomic E-state index is -3.81. The molecule has 0 saturated carbocycles. The summed E-state index contributed by atoms with van der Waals surface area (Å²) in [6.07, 6.45) is 0. The third-order valence-corrected chi connectivity index (χ3v) is 13.4. The van der Waals surface area contributed by atoms with Crippen molar-refractivity contribution in [3.05, 3.63) is 177 Å². The Balaban J connectivity index is 0.986. The van der Waals surface area contributed by atoms with Gasteiger partial charge in [0.05, 0.1) is 19.6 Å². The van der Waals surface area contributed by atoms with Crippen molar-refractivity contribution in [3.63, 3.8) is 0 Å². The van der Waals surface area contributed by atoms with Gasteiger partial charge in [-0.05, 0) is 177 Å². The summed E-state index contributed by atoms with van der Waals surface area (Å²) in [5.74, 6) is 4.21. The predicted molar refractivity (Wildman–Crippen MR) is 226 cm³/mol. The average Bonchev–Trinajstić information content (AvgIpc) is 3.18. The largest absolute Gasteiger partial charge is 0.457 e. The first kappa shape index (κ1) is 39.8. The van der Waals surface area contributed by atoms with Crippen molar-refractivity contribution < 1.29 is 35.8 Å². The fourth-order valence-corrected chi connectivity index (χ4v) is 9.43. The van der Waals surface area contributed by atoms with Gasteiger partial charge in [0.1, 0.15) is 46.0 Å². The van der Waals surface area contributed by atoms with E-state index in [4.69, 9.17) is 18.9 Å². The zero-order valence-electron chi connectivity index (χ0n) is 30.8. The van der Waals surface area contributed by atoms with Gasteiger partial charge in [-0.15, -0.1) is 0 Å². The smallest absolute Gasteiger partial charge is 0.206 e. The van der Waals surface area contributed by atoms with Crippen LogP contribution in [0.15, 0.2) is 180 Å². The van der Waals surface area contributed by atoms with Crippen molar-refractivity contribution in [3.8, 4) is 46.0 Å². The fraction of sp³-hybridized carbons (Fsp3) is 0.0667. The van der Waals surface area contributed by atoms with E-state index in [1.165, 1.54) is 48.5 Å². The van der Waals surface area contributed by atoms with Crippen molar-refractivity contribution in [2.75, 3.05) is 0 Å². The normalized spacial score (nSPS) is 11.5. The molecule has 0 saturated heterocycles. The Kier molecular flexibility index (Phi) is 11.6. The van der Waals surface area contributed by atoms with Gasteiger partial charge in [0.2, 0.25) is 19.7 Å². The molecule has 0 spiro atoms. The lowest BCUT2D eigenvalue weighted by Gasteiger charge is -2.14. The highest BCUT2D eigenvalue weighted by Crippen LogP contribution is 2.36. The van der Waals surface area contributed by atoms with Gasteiger partial charge in [0, 0.05) is 14.5 Å². The summed E-state index contributed by atoms with van der Waals surface area (Å²) in [7, 11) is -7.61. The highest BCUT2D eigenvalue weighted by atomic mass is 79.9. The molecule has 0 atom stereocenters. The third kappa shape index (κ3) is 9.26. The third-order valence-electron chi connectivity index (χ3n) is 8.84. The van der Waals surface area contributed by atoms with E-state index < -0.39 is 19.7 Å². The van der Waals surface area contributed by atoms with Crippen LogP contribution in [0.1, 0.15) is 16.7 Å². The highest BCUT2D eigenvalue weighted by molar-refractivity contribution is 9.10. The molecule has 8 nitrogen and oxygen atoms in total. The second kappa shape index (κ2) is 16.6. The van der Waals surface area contributed by atoms with Crippen molar-refractivity contribution in [1.82, 2.24) is 0 Å². The van der Waals surface area contributed by atoms with Crippen LogP contribution in [0.5, 0.6) is 46.0 Å². The molecule has 0 bridgehead atoms. The van der Waals surface area contributed by atoms with Crippen LogP contribution in [0.25, 0.3) is 0 Å². The number of hydrogen-bond acceptors (Lipinski definition) is 8. The summed E-state index contributed by atoms with van der Waals surface area (Å²) < 4.78 is 79.7. The predicted octanol–water partition coefficient (Wildman–Crippen LogP) is 13.0. The number of hydrogen-bond donors (Lipinski definition) is 0. The van der Waals surface area contributed by atoms with Gasteiger partial charge in [-0.1, -0.05) is 37.9 Å². The number of ether oxygens (including phenoxy) is 4. The van der Waals surface area contributed by atoms with Gasteiger partial charge < -0.3 is 18.9 Å². The summed E-state index contributed by atoms with van der Waals surface area (Å²) >= 11 is 6.90. The summed E-state index contributed by atoms with van der Waals surface area (Å²) in [6.45, 7) is 5.72. The number of rotatable bonds is 12. The lowest BCUT2D eigenvalue weighted by atomic mass is 10.2. The minimum absolute atomic E-state index is 0.114. The maximum atomic E-state index is 13.4. The van der Waals surface area contributed by atoms with E-state index in [0.29, 0.717) is 51.6 Å². The van der Waals surface area contributed by atoms with Gasteiger partial charge >= 0.3 is 0 Å². The Morgan fingerprint density at radius 2 is 0.789 bits per heavy atom. The summed E-state index contributed by atoms with van der Waals surface area (Å²) in [5.41, 5.74) is 2.66. The molecule has 7 aromatic carbocycles. The van der Waals surface area contributed by atoms with Crippen molar-refractivity contribution >= 4 is 51.5 Å². The van der Waals surface area contributed by atoms with Crippen LogP contribution in [0.4, 0.5) is 0 Å². The Morgan fingerprint density at radius 3 is 1.19 bits per heavy atom. The molecule has 0 aliphatic rings. The molecule has 7 aromatic rings. The van der Waals surface area contributed by atoms with Crippen molar-refractivity contribution in [2.24, 2.45) is 0 Å². The molecule has 0 aliphatic carbocycles. The summed E-state index contributed by atoms with van der Waals surface area (Å²) in [4.78, 5) is 0.495. The Morgan fingerprint density at radius 1 is 0.386 bits per heavy atom. The van der Waals surface area contributed by atoms with Crippen LogP contribution >= 0.6 is 31.9 Å². The van der Waals surface area contributed by atoms with E-state index in [1.807, 2.05) is 57.2 Å². The van der Waals surface area contributed by atoms with Crippen molar-refractivity contribution in [1.29, 1.82) is 0 Å². The lowest BCUT2D eigenvalue weighted by molar-refractivity contribution is 0.453. The van der Waals surface area contributed by atoms with Gasteiger partial charge in [-0.25, -0.2) is 16.8 Å². The lowest BCUT2D eigenvalue weighted by Crippen LogP contribution is -2.02. The first-order chi connectivity index (χ1) is 27.2. The second-order valence-electron chi connectivity index (χ2n) is 13.1. The Bertz CT molecular complexity index is 2770. The van der Waals surface area contributed by atoms with Gasteiger partial charge in [0.15, 0.2) is 0 Å². The molecule has 0 aliphatic heterocycles. The standard InChI is InChI=1S/C45H34Br2O8S2/c1-29-25-33(47)28-38(26-29)52-34-8-16-39(17-9-34)56(48,49)41-20-12-36(13-21-41)54-44-5-4-6-45(31(44)3)55-37-14-22-42(23-15-37)57(50,51)40-18-10-35(11-19-40)53-43-24-7-32(46)27-30(43)2/h4-28H,1-3H3. The maximum Gasteiger partial charge on any atom is 0.206 e. The van der Waals surface area contributed by atoms with Crippen LogP contribution in [0.2, 0.25) is 0 Å². The van der Waals surface area contributed by atoms with Crippen LogP contribution in [-0.2, 0) is 19.7 Å². The van der Waals surface area contributed by atoms with E-state index in [-0.39, 0.29) is 19.6 Å². The second-order valence-corrected chi connectivity index (χ2v) is 18.8. The number of halogens is 2. The quantitative estimate of drug-likeness (QED) is 0.119. The topological polar surface area (TPSA) is 105 Å². The van der Waals surface area contributed by atoms with E-state index in [1.54, 1.807) is 66.7 Å². The molecule has 0 heterocycles. The highest BCUT2D eigenvalue weighted by Gasteiger charge is 2.20.